The summed E-state index contributed by atoms with van der Waals surface area (Å²) >= 11 is 0. The Labute approximate surface area is 133 Å². The van der Waals surface area contributed by atoms with Crippen LogP contribution in [0.25, 0.3) is 0 Å². The van der Waals surface area contributed by atoms with Crippen molar-refractivity contribution < 1.29 is 22.7 Å². The average Bonchev–Trinajstić information content (AvgIpc) is 2.51. The number of benzene rings is 1. The van der Waals surface area contributed by atoms with E-state index in [-0.39, 0.29) is 12.2 Å². The van der Waals surface area contributed by atoms with Gasteiger partial charge in [-0.3, -0.25) is 9.36 Å². The number of aromatic nitrogens is 2. The van der Waals surface area contributed by atoms with E-state index in [1.807, 2.05) is 0 Å². The zero-order valence-electron chi connectivity index (χ0n) is 12.5. The Balaban J connectivity index is 2.44. The number of carbonyl (C=O) groups is 1. The van der Waals surface area contributed by atoms with Gasteiger partial charge in [0.25, 0.3) is 5.56 Å². The van der Waals surface area contributed by atoms with Crippen LogP contribution in [0.4, 0.5) is 13.2 Å². The van der Waals surface area contributed by atoms with Crippen molar-refractivity contribution in [3.8, 4) is 0 Å². The van der Waals surface area contributed by atoms with E-state index in [2.05, 4.69) is 4.98 Å². The van der Waals surface area contributed by atoms with Crippen molar-refractivity contribution in [1.82, 2.24) is 9.55 Å². The van der Waals surface area contributed by atoms with E-state index >= 15 is 0 Å². The van der Waals surface area contributed by atoms with E-state index in [1.54, 1.807) is 6.92 Å². The zero-order valence-corrected chi connectivity index (χ0v) is 12.5. The van der Waals surface area contributed by atoms with Crippen LogP contribution in [0.3, 0.4) is 0 Å². The Morgan fingerprint density at radius 1 is 1.29 bits per heavy atom. The number of esters is 1. The van der Waals surface area contributed by atoms with Crippen molar-refractivity contribution in [1.29, 1.82) is 0 Å². The maximum atomic E-state index is 12.7. The number of alkyl halides is 3. The minimum absolute atomic E-state index is 0.0328. The molecule has 0 saturated heterocycles. The van der Waals surface area contributed by atoms with E-state index < -0.39 is 41.1 Å². The number of H-pyrrole nitrogens is 1. The quantitative estimate of drug-likeness (QED) is 0.859. The Kier molecular flexibility index (Phi) is 4.91. The molecule has 0 saturated carbocycles. The third-order valence-electron chi connectivity index (χ3n) is 3.15. The first-order chi connectivity index (χ1) is 11.2. The summed E-state index contributed by atoms with van der Waals surface area (Å²) in [5.74, 6) is -0.920. The number of ether oxygens (including phenoxy) is 1. The van der Waals surface area contributed by atoms with E-state index in [4.69, 9.17) is 4.74 Å². The molecule has 0 fully saturated rings. The second-order valence-corrected chi connectivity index (χ2v) is 4.82. The van der Waals surface area contributed by atoms with Gasteiger partial charge in [0.2, 0.25) is 0 Å². The van der Waals surface area contributed by atoms with Gasteiger partial charge in [-0.05, 0) is 24.6 Å². The van der Waals surface area contributed by atoms with Crippen LogP contribution in [0.5, 0.6) is 0 Å². The molecule has 0 unspecified atom stereocenters. The molecule has 0 spiro atoms. The highest BCUT2D eigenvalue weighted by Crippen LogP contribution is 2.29. The molecule has 24 heavy (non-hydrogen) atoms. The van der Waals surface area contributed by atoms with Crippen molar-refractivity contribution in [3.05, 3.63) is 68.0 Å². The number of hydrogen-bond acceptors (Lipinski definition) is 4. The third kappa shape index (κ3) is 3.73. The summed E-state index contributed by atoms with van der Waals surface area (Å²) in [5, 5.41) is 0. The molecule has 0 radical (unpaired) electrons. The predicted octanol–water partition coefficient (Wildman–Crippen LogP) is 1.78. The molecule has 1 aromatic carbocycles. The van der Waals surface area contributed by atoms with Crippen molar-refractivity contribution in [2.45, 2.75) is 19.6 Å². The van der Waals surface area contributed by atoms with Crippen LogP contribution in [0, 0.1) is 0 Å². The SMILES string of the molecule is CCOC(=O)c1c[nH]c(=O)n(Cc2cccc(C(F)(F)F)c2)c1=O. The largest absolute Gasteiger partial charge is 0.462 e. The number of hydrogen-bond donors (Lipinski definition) is 1. The lowest BCUT2D eigenvalue weighted by atomic mass is 10.1. The van der Waals surface area contributed by atoms with Crippen LogP contribution in [0.1, 0.15) is 28.4 Å². The Bertz CT molecular complexity index is 868. The summed E-state index contributed by atoms with van der Waals surface area (Å²) in [6.07, 6.45) is -3.62. The molecular formula is C15H13F3N2O4. The lowest BCUT2D eigenvalue weighted by Gasteiger charge is -2.10. The number of halogens is 3. The highest BCUT2D eigenvalue weighted by atomic mass is 19.4. The van der Waals surface area contributed by atoms with E-state index in [1.165, 1.54) is 12.1 Å². The summed E-state index contributed by atoms with van der Waals surface area (Å²) in [6.45, 7) is 1.17. The van der Waals surface area contributed by atoms with E-state index in [9.17, 15) is 27.6 Å². The van der Waals surface area contributed by atoms with Gasteiger partial charge in [-0.25, -0.2) is 9.59 Å². The van der Waals surface area contributed by atoms with Crippen LogP contribution in [0.2, 0.25) is 0 Å². The van der Waals surface area contributed by atoms with Crippen molar-refractivity contribution >= 4 is 5.97 Å². The van der Waals surface area contributed by atoms with E-state index in [0.717, 1.165) is 18.3 Å². The number of rotatable bonds is 4. The van der Waals surface area contributed by atoms with Gasteiger partial charge < -0.3 is 9.72 Å². The fourth-order valence-electron chi connectivity index (χ4n) is 2.04. The highest BCUT2D eigenvalue weighted by Gasteiger charge is 2.30. The lowest BCUT2D eigenvalue weighted by Crippen LogP contribution is -2.38. The zero-order chi connectivity index (χ0) is 17.9. The van der Waals surface area contributed by atoms with Crippen LogP contribution >= 0.6 is 0 Å². The number of nitrogens with one attached hydrogen (secondary N) is 1. The molecule has 0 aliphatic rings. The molecule has 0 aliphatic carbocycles. The van der Waals surface area contributed by atoms with Gasteiger partial charge in [-0.15, -0.1) is 0 Å². The smallest absolute Gasteiger partial charge is 0.416 e. The predicted molar refractivity (Wildman–Crippen MR) is 77.8 cm³/mol. The summed E-state index contributed by atoms with van der Waals surface area (Å²) < 4.78 is 43.5. The standard InChI is InChI=1S/C15H13F3N2O4/c1-2-24-13(22)11-7-19-14(23)20(12(11)21)8-9-4-3-5-10(6-9)15(16,17)18/h3-7H,2,8H2,1H3,(H,19,23). The van der Waals surface area contributed by atoms with Crippen molar-refractivity contribution in [2.24, 2.45) is 0 Å². The van der Waals surface area contributed by atoms with Crippen molar-refractivity contribution in [2.75, 3.05) is 6.61 Å². The Morgan fingerprint density at radius 2 is 2.00 bits per heavy atom. The second kappa shape index (κ2) is 6.73. The first kappa shape index (κ1) is 17.5. The average molecular weight is 342 g/mol. The summed E-state index contributed by atoms with van der Waals surface area (Å²) in [6, 6.07) is 4.24. The number of carbonyl (C=O) groups excluding carboxylic acids is 1. The molecule has 0 bridgehead atoms. The number of nitrogens with zero attached hydrogens (tertiary/aromatic N) is 1. The molecule has 1 N–H and O–H groups in total. The number of aromatic amines is 1. The third-order valence-corrected chi connectivity index (χ3v) is 3.15. The maximum absolute atomic E-state index is 12.7. The molecule has 0 atom stereocenters. The topological polar surface area (TPSA) is 81.2 Å². The van der Waals surface area contributed by atoms with Crippen LogP contribution < -0.4 is 11.2 Å². The molecule has 128 valence electrons. The van der Waals surface area contributed by atoms with Gasteiger partial charge in [0.05, 0.1) is 18.7 Å². The van der Waals surface area contributed by atoms with Gasteiger partial charge >= 0.3 is 17.8 Å². The van der Waals surface area contributed by atoms with Gasteiger partial charge in [-0.2, -0.15) is 13.2 Å². The van der Waals surface area contributed by atoms with Crippen LogP contribution in [0.15, 0.2) is 40.1 Å². The highest BCUT2D eigenvalue weighted by molar-refractivity contribution is 5.88. The van der Waals surface area contributed by atoms with Gasteiger partial charge in [0.15, 0.2) is 0 Å². The molecule has 0 amide bonds. The molecule has 1 heterocycles. The van der Waals surface area contributed by atoms with Gasteiger partial charge in [0, 0.05) is 6.20 Å². The lowest BCUT2D eigenvalue weighted by molar-refractivity contribution is -0.137. The van der Waals surface area contributed by atoms with Gasteiger partial charge in [0.1, 0.15) is 5.56 Å². The molecule has 6 nitrogen and oxygen atoms in total. The monoisotopic (exact) mass is 342 g/mol. The fraction of sp³-hybridized carbons (Fsp3) is 0.267. The maximum Gasteiger partial charge on any atom is 0.416 e. The minimum Gasteiger partial charge on any atom is -0.462 e. The summed E-state index contributed by atoms with van der Waals surface area (Å²) in [5.41, 5.74) is -2.98. The Hall–Kier alpha value is -2.84. The van der Waals surface area contributed by atoms with E-state index in [0.29, 0.717) is 4.57 Å². The second-order valence-electron chi connectivity index (χ2n) is 4.82. The molecule has 0 aliphatic heterocycles. The molecule has 9 heteroatoms. The first-order valence-electron chi connectivity index (χ1n) is 6.89. The van der Waals surface area contributed by atoms with Crippen LogP contribution in [-0.2, 0) is 17.5 Å². The molecular weight excluding hydrogens is 329 g/mol. The van der Waals surface area contributed by atoms with Gasteiger partial charge in [-0.1, -0.05) is 12.1 Å². The minimum atomic E-state index is -4.54. The molecule has 2 aromatic rings. The fourth-order valence-corrected chi connectivity index (χ4v) is 2.04. The molecule has 1 aromatic heterocycles. The summed E-state index contributed by atoms with van der Waals surface area (Å²) in [7, 11) is 0. The van der Waals surface area contributed by atoms with Crippen molar-refractivity contribution in [3.63, 3.8) is 0 Å². The van der Waals surface area contributed by atoms with Crippen LogP contribution in [-0.4, -0.2) is 22.1 Å². The normalized spacial score (nSPS) is 11.3. The molecule has 2 rings (SSSR count). The summed E-state index contributed by atoms with van der Waals surface area (Å²) in [4.78, 5) is 37.9. The first-order valence-corrected chi connectivity index (χ1v) is 6.89. The Morgan fingerprint density at radius 3 is 2.62 bits per heavy atom.